The van der Waals surface area contributed by atoms with Gasteiger partial charge in [-0.25, -0.2) is 14.3 Å². The van der Waals surface area contributed by atoms with Crippen LogP contribution in [0, 0.1) is 12.3 Å². The molecule has 220 valence electrons. The fourth-order valence-corrected chi connectivity index (χ4v) is 3.94. The number of amides is 1. The summed E-state index contributed by atoms with van der Waals surface area (Å²) >= 11 is 0. The third kappa shape index (κ3) is 7.15. The Labute approximate surface area is 241 Å². The van der Waals surface area contributed by atoms with Crippen molar-refractivity contribution in [3.63, 3.8) is 0 Å². The number of benzene rings is 2. The number of carbonyl (C=O) groups excluding carboxylic acids is 2. The Morgan fingerprint density at radius 1 is 1.02 bits per heavy atom. The number of alkyl halides is 3. The minimum Gasteiger partial charge on any atom is -0.490 e. The molecule has 1 amide bonds. The molecular formula is C31H31F3N4O4. The van der Waals surface area contributed by atoms with E-state index in [0.717, 1.165) is 11.6 Å². The first-order chi connectivity index (χ1) is 19.8. The number of anilines is 1. The van der Waals surface area contributed by atoms with Crippen LogP contribution < -0.4 is 10.1 Å². The molecular weight excluding hydrogens is 549 g/mol. The van der Waals surface area contributed by atoms with Crippen molar-refractivity contribution in [1.29, 1.82) is 0 Å². The molecule has 2 aromatic carbocycles. The van der Waals surface area contributed by atoms with E-state index in [2.05, 4.69) is 15.4 Å². The molecule has 8 nitrogen and oxygen atoms in total. The first-order valence-corrected chi connectivity index (χ1v) is 13.2. The summed E-state index contributed by atoms with van der Waals surface area (Å²) in [6.07, 6.45) is -0.412. The fourth-order valence-electron chi connectivity index (χ4n) is 3.94. The number of hydrogen-bond acceptors (Lipinski definition) is 6. The molecule has 4 rings (SSSR count). The highest BCUT2D eigenvalue weighted by Crippen LogP contribution is 2.38. The molecule has 0 spiro atoms. The molecule has 2 heterocycles. The number of hydrogen-bond donors (Lipinski definition) is 1. The Balaban J connectivity index is 1.65. The summed E-state index contributed by atoms with van der Waals surface area (Å²) in [4.78, 5) is 28.6. The Morgan fingerprint density at radius 2 is 1.79 bits per heavy atom. The standard InChI is InChI=1S/C31H31F3N4O4/c1-6-41-28(39)8-7-15-42-21-11-12-23(31(32,33)34)22(17-21)24-13-14-27-35-26(18-38(27)37-24)20-10-9-19(2)25(16-20)36-29(40)30(3,4)5/h7-14,16-18H,6,15H2,1-5H3,(H,36,40). The van der Waals surface area contributed by atoms with Crippen molar-refractivity contribution in [1.82, 2.24) is 14.6 Å². The van der Waals surface area contributed by atoms with Crippen LogP contribution in [-0.4, -0.2) is 39.7 Å². The van der Waals surface area contributed by atoms with Crippen LogP contribution in [0.15, 0.2) is 66.9 Å². The van der Waals surface area contributed by atoms with Crippen LogP contribution in [-0.2, 0) is 20.5 Å². The SMILES string of the molecule is CCOC(=O)C=CCOc1ccc(C(F)(F)F)c(-c2ccc3nc(-c4ccc(C)c(NC(=O)C(C)(C)C)c4)cn3n2)c1. The van der Waals surface area contributed by atoms with E-state index in [4.69, 9.17) is 9.47 Å². The lowest BCUT2D eigenvalue weighted by atomic mass is 9.95. The molecule has 4 aromatic rings. The second-order valence-electron chi connectivity index (χ2n) is 10.6. The highest BCUT2D eigenvalue weighted by atomic mass is 19.4. The highest BCUT2D eigenvalue weighted by molar-refractivity contribution is 5.95. The topological polar surface area (TPSA) is 94.8 Å². The van der Waals surface area contributed by atoms with Gasteiger partial charge in [-0.05, 0) is 61.9 Å². The van der Waals surface area contributed by atoms with E-state index in [9.17, 15) is 22.8 Å². The van der Waals surface area contributed by atoms with Crippen LogP contribution >= 0.6 is 0 Å². The maximum absolute atomic E-state index is 13.9. The first-order valence-electron chi connectivity index (χ1n) is 13.2. The van der Waals surface area contributed by atoms with Crippen molar-refractivity contribution < 1.29 is 32.2 Å². The predicted molar refractivity (Wildman–Crippen MR) is 153 cm³/mol. The summed E-state index contributed by atoms with van der Waals surface area (Å²) in [5.74, 6) is -0.502. The third-order valence-corrected chi connectivity index (χ3v) is 6.24. The summed E-state index contributed by atoms with van der Waals surface area (Å²) in [7, 11) is 0. The molecule has 11 heteroatoms. The number of carbonyl (C=O) groups is 2. The number of halogens is 3. The molecule has 0 unspecified atom stereocenters. The van der Waals surface area contributed by atoms with Crippen LogP contribution in [0.25, 0.3) is 28.2 Å². The van der Waals surface area contributed by atoms with Gasteiger partial charge in [0.25, 0.3) is 0 Å². The Kier molecular flexibility index (Phi) is 8.70. The quantitative estimate of drug-likeness (QED) is 0.181. The van der Waals surface area contributed by atoms with E-state index in [-0.39, 0.29) is 36.1 Å². The smallest absolute Gasteiger partial charge is 0.417 e. The van der Waals surface area contributed by atoms with Gasteiger partial charge < -0.3 is 14.8 Å². The fraction of sp³-hybridized carbons (Fsp3) is 0.290. The molecule has 0 saturated carbocycles. The summed E-state index contributed by atoms with van der Waals surface area (Å²) in [5, 5.41) is 7.37. The monoisotopic (exact) mass is 580 g/mol. The summed E-state index contributed by atoms with van der Waals surface area (Å²) in [5.41, 5.74) is 1.62. The zero-order valence-corrected chi connectivity index (χ0v) is 23.9. The molecule has 0 aliphatic heterocycles. The Hall–Kier alpha value is -4.67. The van der Waals surface area contributed by atoms with Gasteiger partial charge in [0.1, 0.15) is 12.4 Å². The third-order valence-electron chi connectivity index (χ3n) is 6.24. The largest absolute Gasteiger partial charge is 0.490 e. The lowest BCUT2D eigenvalue weighted by molar-refractivity contribution is -0.138. The minimum atomic E-state index is -4.63. The molecule has 0 radical (unpaired) electrons. The van der Waals surface area contributed by atoms with E-state index >= 15 is 0 Å². The maximum atomic E-state index is 13.9. The van der Waals surface area contributed by atoms with Crippen LogP contribution in [0.2, 0.25) is 0 Å². The average molecular weight is 581 g/mol. The van der Waals surface area contributed by atoms with Gasteiger partial charge in [0, 0.05) is 28.3 Å². The first kappa shape index (κ1) is 30.3. The summed E-state index contributed by atoms with van der Waals surface area (Å²) < 4.78 is 53.5. The van der Waals surface area contributed by atoms with Gasteiger partial charge in [-0.2, -0.15) is 18.3 Å². The molecule has 42 heavy (non-hydrogen) atoms. The van der Waals surface area contributed by atoms with Crippen molar-refractivity contribution in [3.05, 3.63) is 78.0 Å². The van der Waals surface area contributed by atoms with Crippen LogP contribution in [0.1, 0.15) is 38.8 Å². The van der Waals surface area contributed by atoms with Gasteiger partial charge in [-0.15, -0.1) is 0 Å². The number of aromatic nitrogens is 3. The number of nitrogens with zero attached hydrogens (tertiary/aromatic N) is 3. The zero-order chi connectivity index (χ0) is 30.7. The molecule has 0 saturated heterocycles. The van der Waals surface area contributed by atoms with Crippen molar-refractivity contribution in [2.45, 2.75) is 40.8 Å². The predicted octanol–water partition coefficient (Wildman–Crippen LogP) is 6.87. The van der Waals surface area contributed by atoms with Crippen molar-refractivity contribution in [2.75, 3.05) is 18.5 Å². The minimum absolute atomic E-state index is 0.0459. The molecule has 0 aliphatic rings. The van der Waals surface area contributed by atoms with E-state index in [1.54, 1.807) is 25.3 Å². The molecule has 0 bridgehead atoms. The maximum Gasteiger partial charge on any atom is 0.417 e. The number of nitrogens with one attached hydrogen (secondary N) is 1. The highest BCUT2D eigenvalue weighted by Gasteiger charge is 2.34. The van der Waals surface area contributed by atoms with E-state index in [1.807, 2.05) is 39.8 Å². The van der Waals surface area contributed by atoms with Gasteiger partial charge in [0.2, 0.25) is 5.91 Å². The van der Waals surface area contributed by atoms with Crippen molar-refractivity contribution in [3.8, 4) is 28.3 Å². The van der Waals surface area contributed by atoms with E-state index < -0.39 is 23.1 Å². The lowest BCUT2D eigenvalue weighted by Crippen LogP contribution is -2.27. The van der Waals surface area contributed by atoms with E-state index in [0.29, 0.717) is 22.6 Å². The Bertz CT molecular complexity index is 1650. The molecule has 0 atom stereocenters. The van der Waals surface area contributed by atoms with Crippen LogP contribution in [0.3, 0.4) is 0 Å². The zero-order valence-electron chi connectivity index (χ0n) is 23.9. The number of rotatable bonds is 8. The van der Waals surface area contributed by atoms with Gasteiger partial charge in [-0.1, -0.05) is 32.9 Å². The van der Waals surface area contributed by atoms with E-state index in [1.165, 1.54) is 34.9 Å². The number of aryl methyl sites for hydroxylation is 1. The summed E-state index contributed by atoms with van der Waals surface area (Å²) in [6, 6.07) is 12.0. The number of esters is 1. The Morgan fingerprint density at radius 3 is 2.48 bits per heavy atom. The second kappa shape index (κ2) is 12.1. The molecule has 0 fully saturated rings. The van der Waals surface area contributed by atoms with Crippen LogP contribution in [0.4, 0.5) is 18.9 Å². The van der Waals surface area contributed by atoms with Crippen molar-refractivity contribution in [2.24, 2.45) is 5.41 Å². The summed E-state index contributed by atoms with van der Waals surface area (Å²) in [6.45, 7) is 9.20. The molecule has 2 aromatic heterocycles. The average Bonchev–Trinajstić information content (AvgIpc) is 3.35. The molecule has 1 N–H and O–H groups in total. The van der Waals surface area contributed by atoms with Gasteiger partial charge in [0.05, 0.1) is 29.8 Å². The van der Waals surface area contributed by atoms with Gasteiger partial charge >= 0.3 is 12.1 Å². The lowest BCUT2D eigenvalue weighted by Gasteiger charge is -2.19. The number of fused-ring (bicyclic) bond motifs is 1. The van der Waals surface area contributed by atoms with Crippen molar-refractivity contribution >= 4 is 23.2 Å². The van der Waals surface area contributed by atoms with Gasteiger partial charge in [0.15, 0.2) is 5.65 Å². The normalized spacial score (nSPS) is 12.1. The molecule has 0 aliphatic carbocycles. The van der Waals surface area contributed by atoms with Gasteiger partial charge in [-0.3, -0.25) is 4.79 Å². The number of ether oxygens (including phenoxy) is 2. The number of imidazole rings is 1. The van der Waals surface area contributed by atoms with Crippen LogP contribution in [0.5, 0.6) is 5.75 Å². The second-order valence-corrected chi connectivity index (χ2v) is 10.6.